The van der Waals surface area contributed by atoms with Crippen LogP contribution in [0.2, 0.25) is 0 Å². The number of hydrogen-bond acceptors (Lipinski definition) is 4. The first-order chi connectivity index (χ1) is 12.8. The van der Waals surface area contributed by atoms with E-state index in [1.165, 1.54) is 41.7 Å². The SMILES string of the molecule is Cc1ccc(NC(=O)c2sccc2C)cc1S(=O)(=O)Nc1ccccc1F. The van der Waals surface area contributed by atoms with E-state index in [1.54, 1.807) is 19.1 Å². The minimum Gasteiger partial charge on any atom is -0.321 e. The van der Waals surface area contributed by atoms with Crippen LogP contribution in [0.25, 0.3) is 0 Å². The molecule has 1 amide bonds. The number of anilines is 2. The second-order valence-electron chi connectivity index (χ2n) is 5.95. The Labute approximate surface area is 160 Å². The zero-order valence-corrected chi connectivity index (χ0v) is 16.2. The number of halogens is 1. The lowest BCUT2D eigenvalue weighted by Gasteiger charge is -2.13. The molecule has 0 aliphatic heterocycles. The summed E-state index contributed by atoms with van der Waals surface area (Å²) in [6.45, 7) is 3.46. The van der Waals surface area contributed by atoms with Gasteiger partial charge in [0.25, 0.3) is 15.9 Å². The summed E-state index contributed by atoms with van der Waals surface area (Å²) < 4.78 is 41.5. The van der Waals surface area contributed by atoms with Crippen LogP contribution >= 0.6 is 11.3 Å². The smallest absolute Gasteiger partial charge is 0.265 e. The van der Waals surface area contributed by atoms with E-state index >= 15 is 0 Å². The molecule has 2 N–H and O–H groups in total. The lowest BCUT2D eigenvalue weighted by molar-refractivity contribution is 0.103. The number of nitrogens with one attached hydrogen (secondary N) is 2. The number of hydrogen-bond donors (Lipinski definition) is 2. The fourth-order valence-corrected chi connectivity index (χ4v) is 4.66. The van der Waals surface area contributed by atoms with E-state index in [2.05, 4.69) is 10.0 Å². The van der Waals surface area contributed by atoms with Gasteiger partial charge in [-0.1, -0.05) is 18.2 Å². The molecule has 0 bridgehead atoms. The van der Waals surface area contributed by atoms with Crippen molar-refractivity contribution in [3.05, 3.63) is 75.7 Å². The molecular formula is C19H17FN2O3S2. The first-order valence-electron chi connectivity index (χ1n) is 8.01. The first kappa shape index (κ1) is 19.1. The molecule has 0 aliphatic rings. The van der Waals surface area contributed by atoms with Gasteiger partial charge in [0.05, 0.1) is 15.5 Å². The lowest BCUT2D eigenvalue weighted by Crippen LogP contribution is -2.16. The zero-order valence-electron chi connectivity index (χ0n) is 14.6. The van der Waals surface area contributed by atoms with Gasteiger partial charge >= 0.3 is 0 Å². The van der Waals surface area contributed by atoms with Crippen molar-refractivity contribution in [3.8, 4) is 0 Å². The van der Waals surface area contributed by atoms with Crippen LogP contribution in [-0.4, -0.2) is 14.3 Å². The summed E-state index contributed by atoms with van der Waals surface area (Å²) in [5.74, 6) is -0.979. The molecule has 3 rings (SSSR count). The predicted molar refractivity (Wildman–Crippen MR) is 105 cm³/mol. The summed E-state index contributed by atoms with van der Waals surface area (Å²) in [5, 5.41) is 4.52. The minimum atomic E-state index is -4.03. The van der Waals surface area contributed by atoms with Crippen LogP contribution in [0.15, 0.2) is 58.8 Å². The molecule has 0 spiro atoms. The van der Waals surface area contributed by atoms with Gasteiger partial charge in [-0.05, 0) is 60.7 Å². The van der Waals surface area contributed by atoms with Gasteiger partial charge in [-0.3, -0.25) is 9.52 Å². The molecule has 3 aromatic rings. The van der Waals surface area contributed by atoms with E-state index < -0.39 is 15.8 Å². The predicted octanol–water partition coefficient (Wildman–Crippen LogP) is 4.56. The molecule has 1 heterocycles. The third-order valence-corrected chi connectivity index (χ3v) is 6.44. The van der Waals surface area contributed by atoms with Gasteiger partial charge in [0.2, 0.25) is 0 Å². The van der Waals surface area contributed by atoms with Crippen LogP contribution in [-0.2, 0) is 10.0 Å². The number of para-hydroxylation sites is 1. The van der Waals surface area contributed by atoms with Crippen molar-refractivity contribution in [2.75, 3.05) is 10.0 Å². The molecule has 8 heteroatoms. The highest BCUT2D eigenvalue weighted by molar-refractivity contribution is 7.92. The largest absolute Gasteiger partial charge is 0.321 e. The van der Waals surface area contributed by atoms with Gasteiger partial charge in [-0.2, -0.15) is 0 Å². The summed E-state index contributed by atoms with van der Waals surface area (Å²) in [6.07, 6.45) is 0. The molecule has 0 atom stereocenters. The fraction of sp³-hybridized carbons (Fsp3) is 0.105. The molecule has 0 fully saturated rings. The van der Waals surface area contributed by atoms with E-state index in [1.807, 2.05) is 18.4 Å². The number of thiophene rings is 1. The molecule has 1 aromatic heterocycles. The minimum absolute atomic E-state index is 0.0357. The number of carbonyl (C=O) groups excluding carboxylic acids is 1. The molecule has 0 unspecified atom stereocenters. The van der Waals surface area contributed by atoms with Crippen LogP contribution in [0, 0.1) is 19.7 Å². The van der Waals surface area contributed by atoms with Gasteiger partial charge in [-0.15, -0.1) is 11.3 Å². The second kappa shape index (κ2) is 7.50. The molecule has 27 heavy (non-hydrogen) atoms. The molecule has 0 saturated carbocycles. The van der Waals surface area contributed by atoms with Crippen LogP contribution < -0.4 is 10.0 Å². The fourth-order valence-electron chi connectivity index (χ4n) is 2.50. The Hall–Kier alpha value is -2.71. The van der Waals surface area contributed by atoms with Gasteiger partial charge < -0.3 is 5.32 Å². The van der Waals surface area contributed by atoms with Crippen molar-refractivity contribution >= 4 is 38.6 Å². The summed E-state index contributed by atoms with van der Waals surface area (Å²) in [6, 6.07) is 11.9. The van der Waals surface area contributed by atoms with Crippen molar-refractivity contribution in [2.45, 2.75) is 18.7 Å². The van der Waals surface area contributed by atoms with E-state index in [0.29, 0.717) is 16.1 Å². The van der Waals surface area contributed by atoms with Gasteiger partial charge in [0, 0.05) is 5.69 Å². The van der Waals surface area contributed by atoms with Crippen molar-refractivity contribution in [2.24, 2.45) is 0 Å². The maximum atomic E-state index is 13.8. The third kappa shape index (κ3) is 4.17. The molecule has 0 aliphatic carbocycles. The Morgan fingerprint density at radius 3 is 2.44 bits per heavy atom. The molecule has 2 aromatic carbocycles. The molecule has 140 valence electrons. The standard InChI is InChI=1S/C19H17FN2O3S2/c1-12-7-8-14(21-19(23)18-13(2)9-10-26-18)11-17(12)27(24,25)22-16-6-4-3-5-15(16)20/h3-11,22H,1-2H3,(H,21,23). The Bertz CT molecular complexity index is 1110. The van der Waals surface area contributed by atoms with E-state index in [-0.39, 0.29) is 16.5 Å². The van der Waals surface area contributed by atoms with Crippen molar-refractivity contribution in [1.29, 1.82) is 0 Å². The monoisotopic (exact) mass is 404 g/mol. The lowest BCUT2D eigenvalue weighted by atomic mass is 10.2. The molecule has 0 saturated heterocycles. The topological polar surface area (TPSA) is 75.3 Å². The molecule has 5 nitrogen and oxygen atoms in total. The van der Waals surface area contributed by atoms with Crippen LogP contribution in [0.4, 0.5) is 15.8 Å². The first-order valence-corrected chi connectivity index (χ1v) is 10.4. The number of aryl methyl sites for hydroxylation is 2. The third-order valence-electron chi connectivity index (χ3n) is 3.92. The summed E-state index contributed by atoms with van der Waals surface area (Å²) >= 11 is 1.31. The maximum absolute atomic E-state index is 13.8. The molecule has 0 radical (unpaired) electrons. The highest BCUT2D eigenvalue weighted by Gasteiger charge is 2.20. The number of rotatable bonds is 5. The second-order valence-corrected chi connectivity index (χ2v) is 8.52. The molecular weight excluding hydrogens is 387 g/mol. The average Bonchev–Trinajstić information content (AvgIpc) is 3.04. The number of amides is 1. The van der Waals surface area contributed by atoms with Crippen LogP contribution in [0.3, 0.4) is 0 Å². The Balaban J connectivity index is 1.90. The summed E-state index contributed by atoms with van der Waals surface area (Å²) in [7, 11) is -4.03. The van der Waals surface area contributed by atoms with Crippen LogP contribution in [0.1, 0.15) is 20.8 Å². The quantitative estimate of drug-likeness (QED) is 0.655. The normalized spacial score (nSPS) is 11.2. The highest BCUT2D eigenvalue weighted by atomic mass is 32.2. The Kier molecular flexibility index (Phi) is 5.29. The Morgan fingerprint density at radius 2 is 1.78 bits per heavy atom. The zero-order chi connectivity index (χ0) is 19.6. The summed E-state index contributed by atoms with van der Waals surface area (Å²) in [4.78, 5) is 12.9. The highest BCUT2D eigenvalue weighted by Crippen LogP contribution is 2.25. The van der Waals surface area contributed by atoms with Gasteiger partial charge in [-0.25, -0.2) is 12.8 Å². The van der Waals surface area contributed by atoms with Gasteiger partial charge in [0.1, 0.15) is 5.82 Å². The number of benzene rings is 2. The average molecular weight is 404 g/mol. The van der Waals surface area contributed by atoms with E-state index in [4.69, 9.17) is 0 Å². The van der Waals surface area contributed by atoms with Gasteiger partial charge in [0.15, 0.2) is 0 Å². The van der Waals surface area contributed by atoms with Crippen molar-refractivity contribution in [3.63, 3.8) is 0 Å². The van der Waals surface area contributed by atoms with E-state index in [9.17, 15) is 17.6 Å². The van der Waals surface area contributed by atoms with E-state index in [0.717, 1.165) is 5.56 Å². The maximum Gasteiger partial charge on any atom is 0.265 e. The Morgan fingerprint density at radius 1 is 1.04 bits per heavy atom. The number of carbonyl (C=O) groups is 1. The van der Waals surface area contributed by atoms with Crippen molar-refractivity contribution < 1.29 is 17.6 Å². The van der Waals surface area contributed by atoms with Crippen LogP contribution in [0.5, 0.6) is 0 Å². The number of sulfonamides is 1. The van der Waals surface area contributed by atoms with Crippen molar-refractivity contribution in [1.82, 2.24) is 0 Å². The summed E-state index contributed by atoms with van der Waals surface area (Å²) in [5.41, 5.74) is 1.52.